The van der Waals surface area contributed by atoms with Gasteiger partial charge in [-0.1, -0.05) is 0 Å². The molecule has 1 aliphatic heterocycles. The van der Waals surface area contributed by atoms with Crippen LogP contribution in [0.15, 0.2) is 0 Å². The molecule has 0 amide bonds. The first-order valence-corrected chi connectivity index (χ1v) is 4.43. The van der Waals surface area contributed by atoms with Gasteiger partial charge in [0.2, 0.25) is 0 Å². The van der Waals surface area contributed by atoms with Crippen LogP contribution in [0.3, 0.4) is 0 Å². The molecule has 1 aliphatic rings. The van der Waals surface area contributed by atoms with E-state index in [1.165, 1.54) is 7.11 Å². The summed E-state index contributed by atoms with van der Waals surface area (Å²) in [5.74, 6) is 0. The van der Waals surface area contributed by atoms with Gasteiger partial charge in [-0.2, -0.15) is 0 Å². The highest BCUT2D eigenvalue weighted by molar-refractivity contribution is 4.86. The minimum Gasteiger partial charge on any atom is -0.394 e. The standard InChI is InChI=1S/C8H16O6/c1-12-2-3-13-7-6(10)5(4-9)14-8(7)11/h5-11H,2-4H2,1H3/t5-,6?,7?,8-/m1/s1. The molecular weight excluding hydrogens is 192 g/mol. The van der Waals surface area contributed by atoms with Crippen LogP contribution >= 0.6 is 0 Å². The normalized spacial score (nSPS) is 37.7. The molecule has 14 heavy (non-hydrogen) atoms. The predicted octanol–water partition coefficient (Wildman–Crippen LogP) is -1.91. The highest BCUT2D eigenvalue weighted by atomic mass is 16.7. The van der Waals surface area contributed by atoms with Crippen LogP contribution in [-0.4, -0.2) is 66.9 Å². The SMILES string of the molecule is COCCOC1C(O)[C@@H](CO)O[C@H]1O. The summed E-state index contributed by atoms with van der Waals surface area (Å²) in [4.78, 5) is 0. The second kappa shape index (κ2) is 5.59. The van der Waals surface area contributed by atoms with Crippen LogP contribution in [-0.2, 0) is 14.2 Å². The van der Waals surface area contributed by atoms with E-state index < -0.39 is 24.6 Å². The fourth-order valence-corrected chi connectivity index (χ4v) is 1.32. The maximum atomic E-state index is 9.51. The first-order valence-electron chi connectivity index (χ1n) is 4.43. The summed E-state index contributed by atoms with van der Waals surface area (Å²) < 4.78 is 14.7. The summed E-state index contributed by atoms with van der Waals surface area (Å²) >= 11 is 0. The lowest BCUT2D eigenvalue weighted by Gasteiger charge is -2.17. The van der Waals surface area contributed by atoms with E-state index in [1.54, 1.807) is 0 Å². The van der Waals surface area contributed by atoms with Crippen molar-refractivity contribution >= 4 is 0 Å². The minimum atomic E-state index is -1.20. The Morgan fingerprint density at radius 3 is 2.50 bits per heavy atom. The van der Waals surface area contributed by atoms with Crippen molar-refractivity contribution in [2.75, 3.05) is 26.9 Å². The molecule has 1 saturated heterocycles. The average Bonchev–Trinajstić information content (AvgIpc) is 2.45. The molecule has 0 saturated carbocycles. The van der Waals surface area contributed by atoms with Crippen LogP contribution < -0.4 is 0 Å². The van der Waals surface area contributed by atoms with E-state index >= 15 is 0 Å². The third-order valence-corrected chi connectivity index (χ3v) is 2.09. The summed E-state index contributed by atoms with van der Waals surface area (Å²) in [7, 11) is 1.53. The van der Waals surface area contributed by atoms with Gasteiger partial charge in [-0.25, -0.2) is 0 Å². The van der Waals surface area contributed by atoms with Crippen molar-refractivity contribution in [3.05, 3.63) is 0 Å². The number of aliphatic hydroxyl groups is 3. The van der Waals surface area contributed by atoms with Crippen molar-refractivity contribution in [1.82, 2.24) is 0 Å². The second-order valence-electron chi connectivity index (χ2n) is 3.07. The second-order valence-corrected chi connectivity index (χ2v) is 3.07. The van der Waals surface area contributed by atoms with E-state index in [-0.39, 0.29) is 13.2 Å². The Labute approximate surface area is 82.0 Å². The zero-order chi connectivity index (χ0) is 10.6. The quantitative estimate of drug-likeness (QED) is 0.457. The Bertz CT molecular complexity index is 164. The number of aliphatic hydroxyl groups excluding tert-OH is 3. The van der Waals surface area contributed by atoms with Gasteiger partial charge in [0, 0.05) is 7.11 Å². The third kappa shape index (κ3) is 2.63. The smallest absolute Gasteiger partial charge is 0.184 e. The molecule has 6 heteroatoms. The third-order valence-electron chi connectivity index (χ3n) is 2.09. The van der Waals surface area contributed by atoms with Gasteiger partial charge in [0.25, 0.3) is 0 Å². The van der Waals surface area contributed by atoms with Gasteiger partial charge in [0.05, 0.1) is 19.8 Å². The molecule has 0 aromatic rings. The maximum absolute atomic E-state index is 9.51. The summed E-state index contributed by atoms with van der Waals surface area (Å²) in [5.41, 5.74) is 0. The van der Waals surface area contributed by atoms with Crippen LogP contribution in [0.4, 0.5) is 0 Å². The molecule has 84 valence electrons. The monoisotopic (exact) mass is 208 g/mol. The molecule has 2 unspecified atom stereocenters. The first kappa shape index (κ1) is 11.8. The average molecular weight is 208 g/mol. The Kier molecular flexibility index (Phi) is 4.73. The molecule has 0 aromatic heterocycles. The van der Waals surface area contributed by atoms with E-state index in [0.29, 0.717) is 6.61 Å². The van der Waals surface area contributed by atoms with Crippen molar-refractivity contribution in [1.29, 1.82) is 0 Å². The molecule has 0 spiro atoms. The van der Waals surface area contributed by atoms with E-state index in [1.807, 2.05) is 0 Å². The molecule has 1 fully saturated rings. The van der Waals surface area contributed by atoms with E-state index in [0.717, 1.165) is 0 Å². The van der Waals surface area contributed by atoms with Crippen LogP contribution in [0, 0.1) is 0 Å². The van der Waals surface area contributed by atoms with Gasteiger partial charge in [-0.3, -0.25) is 0 Å². The zero-order valence-electron chi connectivity index (χ0n) is 8.00. The molecule has 6 nitrogen and oxygen atoms in total. The topological polar surface area (TPSA) is 88.4 Å². The largest absolute Gasteiger partial charge is 0.394 e. The molecule has 0 radical (unpaired) electrons. The zero-order valence-corrected chi connectivity index (χ0v) is 8.00. The maximum Gasteiger partial charge on any atom is 0.184 e. The van der Waals surface area contributed by atoms with Crippen molar-refractivity contribution in [2.24, 2.45) is 0 Å². The molecule has 1 heterocycles. The van der Waals surface area contributed by atoms with Crippen molar-refractivity contribution in [3.8, 4) is 0 Å². The summed E-state index contributed by atoms with van der Waals surface area (Å²) in [6, 6.07) is 0. The van der Waals surface area contributed by atoms with Crippen molar-refractivity contribution in [2.45, 2.75) is 24.6 Å². The summed E-state index contributed by atoms with van der Waals surface area (Å²) in [5, 5.41) is 27.6. The van der Waals surface area contributed by atoms with Gasteiger partial charge in [-0.15, -0.1) is 0 Å². The molecule has 1 rings (SSSR count). The number of methoxy groups -OCH3 is 1. The molecular formula is C8H16O6. The van der Waals surface area contributed by atoms with Crippen LogP contribution in [0.25, 0.3) is 0 Å². The fraction of sp³-hybridized carbons (Fsp3) is 1.00. The molecule has 0 aromatic carbocycles. The van der Waals surface area contributed by atoms with Gasteiger partial charge in [-0.05, 0) is 0 Å². The Balaban J connectivity index is 2.36. The predicted molar refractivity (Wildman–Crippen MR) is 45.6 cm³/mol. The molecule has 3 N–H and O–H groups in total. The number of hydrogen-bond donors (Lipinski definition) is 3. The fourth-order valence-electron chi connectivity index (χ4n) is 1.32. The van der Waals surface area contributed by atoms with Crippen molar-refractivity contribution < 1.29 is 29.5 Å². The lowest BCUT2D eigenvalue weighted by molar-refractivity contribution is -0.149. The first-order chi connectivity index (χ1) is 6.70. The van der Waals surface area contributed by atoms with Gasteiger partial charge < -0.3 is 29.5 Å². The lowest BCUT2D eigenvalue weighted by Crippen LogP contribution is -2.37. The Hall–Kier alpha value is -0.240. The van der Waals surface area contributed by atoms with E-state index in [2.05, 4.69) is 0 Å². The Morgan fingerprint density at radius 2 is 2.00 bits per heavy atom. The summed E-state index contributed by atoms with van der Waals surface area (Å²) in [6.07, 6.45) is -3.80. The van der Waals surface area contributed by atoms with Gasteiger partial charge in [0.1, 0.15) is 18.3 Å². The minimum absolute atomic E-state index is 0.261. The molecule has 0 aliphatic carbocycles. The molecule has 0 bridgehead atoms. The van der Waals surface area contributed by atoms with E-state index in [9.17, 15) is 10.2 Å². The highest BCUT2D eigenvalue weighted by Gasteiger charge is 2.43. The van der Waals surface area contributed by atoms with E-state index in [4.69, 9.17) is 19.3 Å². The van der Waals surface area contributed by atoms with Crippen LogP contribution in [0.2, 0.25) is 0 Å². The lowest BCUT2D eigenvalue weighted by atomic mass is 10.1. The number of hydrogen-bond acceptors (Lipinski definition) is 6. The van der Waals surface area contributed by atoms with Gasteiger partial charge >= 0.3 is 0 Å². The van der Waals surface area contributed by atoms with Crippen LogP contribution in [0.1, 0.15) is 0 Å². The summed E-state index contributed by atoms with van der Waals surface area (Å²) in [6.45, 7) is 0.291. The molecule has 4 atom stereocenters. The van der Waals surface area contributed by atoms with Crippen molar-refractivity contribution in [3.63, 3.8) is 0 Å². The van der Waals surface area contributed by atoms with Crippen LogP contribution in [0.5, 0.6) is 0 Å². The highest BCUT2D eigenvalue weighted by Crippen LogP contribution is 2.21. The Morgan fingerprint density at radius 1 is 1.29 bits per heavy atom. The van der Waals surface area contributed by atoms with Gasteiger partial charge in [0.15, 0.2) is 6.29 Å². The number of rotatable bonds is 5. The number of ether oxygens (including phenoxy) is 3.